The van der Waals surface area contributed by atoms with Gasteiger partial charge in [-0.3, -0.25) is 5.43 Å². The van der Waals surface area contributed by atoms with Crippen molar-refractivity contribution in [1.29, 1.82) is 0 Å². The summed E-state index contributed by atoms with van der Waals surface area (Å²) in [5.41, 5.74) is 2.96. The Bertz CT molecular complexity index is 141. The molecule has 1 heterocycles. The van der Waals surface area contributed by atoms with E-state index in [0.717, 1.165) is 0 Å². The average molecular weight is 150 g/mol. The monoisotopic (exact) mass is 149 g/mol. The van der Waals surface area contributed by atoms with Crippen LogP contribution in [0.5, 0.6) is 0 Å². The summed E-state index contributed by atoms with van der Waals surface area (Å²) in [6.45, 7) is 0. The van der Waals surface area contributed by atoms with E-state index in [2.05, 4.69) is 10.5 Å². The summed E-state index contributed by atoms with van der Waals surface area (Å²) in [6.07, 6.45) is 3.25. The summed E-state index contributed by atoms with van der Waals surface area (Å²) in [4.78, 5) is 0. The lowest BCUT2D eigenvalue weighted by Crippen LogP contribution is -2.11. The molecule has 0 unspecified atom stereocenters. The zero-order valence-electron chi connectivity index (χ0n) is 3.86. The zero-order chi connectivity index (χ0) is 5.98. The number of halogens is 2. The molecule has 1 radical (unpaired) electrons. The van der Waals surface area contributed by atoms with E-state index in [4.69, 9.17) is 23.2 Å². The summed E-state index contributed by atoms with van der Waals surface area (Å²) >= 11 is 10.8. The van der Waals surface area contributed by atoms with Crippen molar-refractivity contribution in [2.45, 2.75) is 0 Å². The molecule has 43 valence electrons. The van der Waals surface area contributed by atoms with E-state index < -0.39 is 0 Å². The van der Waals surface area contributed by atoms with E-state index in [0.29, 0.717) is 10.7 Å². The van der Waals surface area contributed by atoms with Gasteiger partial charge in [-0.25, -0.2) is 0 Å². The van der Waals surface area contributed by atoms with Gasteiger partial charge in [-0.15, -0.1) is 0 Å². The predicted molar refractivity (Wildman–Crippen MR) is 34.7 cm³/mol. The molecule has 8 heavy (non-hydrogen) atoms. The van der Waals surface area contributed by atoms with E-state index in [1.165, 1.54) is 0 Å². The van der Waals surface area contributed by atoms with E-state index in [-0.39, 0.29) is 0 Å². The molecule has 4 heteroatoms. The van der Waals surface area contributed by atoms with Crippen molar-refractivity contribution in [3.05, 3.63) is 17.7 Å². The lowest BCUT2D eigenvalue weighted by Gasteiger charge is -2.04. The molecule has 2 nitrogen and oxygen atoms in total. The van der Waals surface area contributed by atoms with Gasteiger partial charge in [-0.2, -0.15) is 5.10 Å². The van der Waals surface area contributed by atoms with Gasteiger partial charge in [0, 0.05) is 0 Å². The van der Waals surface area contributed by atoms with Crippen molar-refractivity contribution in [2.24, 2.45) is 5.10 Å². The average Bonchev–Trinajstić information content (AvgIpc) is 1.77. The third kappa shape index (κ3) is 1.39. The molecule has 0 aromatic heterocycles. The Morgan fingerprint density at radius 3 is 2.50 bits per heavy atom. The van der Waals surface area contributed by atoms with E-state index in [1.54, 1.807) is 12.2 Å². The fraction of sp³-hybridized carbons (Fsp3) is 0. The highest BCUT2D eigenvalue weighted by Gasteiger charge is 2.02. The number of rotatable bonds is 0. The summed E-state index contributed by atoms with van der Waals surface area (Å²) in [5, 5.41) is 4.00. The summed E-state index contributed by atoms with van der Waals surface area (Å²) in [6, 6.07) is 0. The van der Waals surface area contributed by atoms with Crippen LogP contribution in [-0.4, -0.2) is 5.17 Å². The largest absolute Gasteiger partial charge is 0.280 e. The molecular formula is C4H3Cl2N2. The molecule has 0 aliphatic carbocycles. The quantitative estimate of drug-likeness (QED) is 0.519. The molecule has 1 aliphatic rings. The summed E-state index contributed by atoms with van der Waals surface area (Å²) < 4.78 is 0. The van der Waals surface area contributed by atoms with Crippen LogP contribution in [0, 0.1) is 5.50 Å². The van der Waals surface area contributed by atoms with Gasteiger partial charge in [0.1, 0.15) is 5.17 Å². The van der Waals surface area contributed by atoms with Crippen molar-refractivity contribution in [3.63, 3.8) is 0 Å². The Labute approximate surface area is 57.2 Å². The second-order valence-corrected chi connectivity index (χ2v) is 2.02. The molecule has 1 N–H and O–H groups in total. The van der Waals surface area contributed by atoms with Crippen LogP contribution < -0.4 is 5.43 Å². The zero-order valence-corrected chi connectivity index (χ0v) is 5.37. The summed E-state index contributed by atoms with van der Waals surface area (Å²) in [7, 11) is 0. The SMILES string of the molecule is Cl[C]1C=CC(Cl)=NN1. The van der Waals surface area contributed by atoms with E-state index in [9.17, 15) is 0 Å². The van der Waals surface area contributed by atoms with E-state index in [1.807, 2.05) is 0 Å². The van der Waals surface area contributed by atoms with Crippen molar-refractivity contribution in [2.75, 3.05) is 0 Å². The number of allylic oxidation sites excluding steroid dienone is 1. The Morgan fingerprint density at radius 1 is 1.38 bits per heavy atom. The molecule has 0 saturated carbocycles. The van der Waals surface area contributed by atoms with Crippen LogP contribution in [0.1, 0.15) is 0 Å². The maximum Gasteiger partial charge on any atom is 0.188 e. The van der Waals surface area contributed by atoms with Crippen LogP contribution >= 0.6 is 23.2 Å². The maximum atomic E-state index is 5.43. The lowest BCUT2D eigenvalue weighted by molar-refractivity contribution is 0.877. The number of nitrogens with one attached hydrogen (secondary N) is 1. The number of nitrogens with zero attached hydrogens (tertiary/aromatic N) is 1. The first-order valence-corrected chi connectivity index (χ1v) is 2.74. The Balaban J connectivity index is 2.58. The fourth-order valence-electron chi connectivity index (χ4n) is 0.323. The smallest absolute Gasteiger partial charge is 0.188 e. The highest BCUT2D eigenvalue weighted by Crippen LogP contribution is 2.08. The minimum atomic E-state index is 0.411. The molecule has 1 rings (SSSR count). The number of hydrogen-bond acceptors (Lipinski definition) is 2. The first kappa shape index (κ1) is 5.92. The van der Waals surface area contributed by atoms with Gasteiger partial charge in [0.25, 0.3) is 0 Å². The first-order chi connectivity index (χ1) is 3.79. The van der Waals surface area contributed by atoms with Crippen LogP contribution in [0.2, 0.25) is 0 Å². The number of hydrogen-bond donors (Lipinski definition) is 1. The minimum Gasteiger partial charge on any atom is -0.280 e. The van der Waals surface area contributed by atoms with Gasteiger partial charge in [-0.1, -0.05) is 23.2 Å². The second-order valence-electron chi connectivity index (χ2n) is 1.23. The second kappa shape index (κ2) is 2.37. The summed E-state index contributed by atoms with van der Waals surface area (Å²) in [5.74, 6) is 0. The van der Waals surface area contributed by atoms with Gasteiger partial charge in [0.15, 0.2) is 5.50 Å². The Morgan fingerprint density at radius 2 is 2.12 bits per heavy atom. The first-order valence-electron chi connectivity index (χ1n) is 1.99. The van der Waals surface area contributed by atoms with Gasteiger partial charge in [0.05, 0.1) is 0 Å². The van der Waals surface area contributed by atoms with Crippen LogP contribution in [-0.2, 0) is 0 Å². The van der Waals surface area contributed by atoms with Crippen LogP contribution in [0.25, 0.3) is 0 Å². The van der Waals surface area contributed by atoms with Crippen molar-refractivity contribution in [1.82, 2.24) is 5.43 Å². The molecule has 1 aliphatic heterocycles. The molecular weight excluding hydrogens is 147 g/mol. The van der Waals surface area contributed by atoms with Crippen LogP contribution in [0.3, 0.4) is 0 Å². The molecule has 0 amide bonds. The normalized spacial score (nSPS) is 20.0. The van der Waals surface area contributed by atoms with Gasteiger partial charge in [-0.05, 0) is 12.2 Å². The van der Waals surface area contributed by atoms with Crippen molar-refractivity contribution in [3.8, 4) is 0 Å². The Hall–Kier alpha value is -0.210. The van der Waals surface area contributed by atoms with Crippen LogP contribution in [0.4, 0.5) is 0 Å². The minimum absolute atomic E-state index is 0.411. The highest BCUT2D eigenvalue weighted by molar-refractivity contribution is 6.68. The Kier molecular flexibility index (Phi) is 1.76. The van der Waals surface area contributed by atoms with Crippen LogP contribution in [0.15, 0.2) is 17.3 Å². The third-order valence-corrected chi connectivity index (χ3v) is 1.06. The molecule has 0 bridgehead atoms. The third-order valence-electron chi connectivity index (χ3n) is 0.637. The van der Waals surface area contributed by atoms with Gasteiger partial charge >= 0.3 is 0 Å². The standard InChI is InChI=1S/C4H3Cl2N2/c5-3-1-2-4(6)8-7-3/h1-2,7H. The molecule has 0 saturated heterocycles. The van der Waals surface area contributed by atoms with Gasteiger partial charge in [0.2, 0.25) is 0 Å². The topological polar surface area (TPSA) is 24.4 Å². The lowest BCUT2D eigenvalue weighted by atomic mass is 10.5. The number of hydrazone groups is 1. The fourth-order valence-corrected chi connectivity index (χ4v) is 0.534. The molecule has 0 spiro atoms. The van der Waals surface area contributed by atoms with Gasteiger partial charge < -0.3 is 0 Å². The molecule has 0 atom stereocenters. The predicted octanol–water partition coefficient (Wildman–Crippen LogP) is 1.43. The maximum absolute atomic E-state index is 5.43. The molecule has 0 aromatic carbocycles. The molecule has 0 fully saturated rings. The van der Waals surface area contributed by atoms with Crippen molar-refractivity contribution < 1.29 is 0 Å². The molecule has 0 aromatic rings. The van der Waals surface area contributed by atoms with E-state index >= 15 is 0 Å². The van der Waals surface area contributed by atoms with Crippen molar-refractivity contribution >= 4 is 28.4 Å². The highest BCUT2D eigenvalue weighted by atomic mass is 35.5.